The first-order chi connectivity index (χ1) is 13.1. The molecule has 28 heavy (non-hydrogen) atoms. The van der Waals surface area contributed by atoms with Crippen molar-refractivity contribution in [3.05, 3.63) is 29.8 Å². The standard InChI is InChI=1S/C19H25F2N3O4/c1-12(2)10-22-15(25)11-24-16(26)19(3,23-18(24)27)9-8-13-4-6-14(7-5-13)28-17(20)21/h4-7,12,17H,8-11H2,1-3H3,(H,22,25)(H,23,27)/t19-/m1/s1. The average molecular weight is 397 g/mol. The van der Waals surface area contributed by atoms with Crippen molar-refractivity contribution in [2.45, 2.75) is 45.8 Å². The number of rotatable bonds is 9. The summed E-state index contributed by atoms with van der Waals surface area (Å²) in [6.07, 6.45) is 0.738. The lowest BCUT2D eigenvalue weighted by molar-refractivity contribution is -0.134. The van der Waals surface area contributed by atoms with Gasteiger partial charge in [-0.3, -0.25) is 14.5 Å². The molecule has 4 amide bonds. The minimum atomic E-state index is -2.89. The monoisotopic (exact) mass is 397 g/mol. The van der Waals surface area contributed by atoms with E-state index in [1.165, 1.54) is 12.1 Å². The van der Waals surface area contributed by atoms with E-state index in [1.807, 2.05) is 13.8 Å². The van der Waals surface area contributed by atoms with Gasteiger partial charge in [0.05, 0.1) is 0 Å². The summed E-state index contributed by atoms with van der Waals surface area (Å²) in [6.45, 7) is 2.74. The lowest BCUT2D eigenvalue weighted by atomic mass is 9.93. The second kappa shape index (κ2) is 8.99. The maximum absolute atomic E-state index is 12.7. The molecule has 1 heterocycles. The van der Waals surface area contributed by atoms with Crippen LogP contribution in [0.2, 0.25) is 0 Å². The largest absolute Gasteiger partial charge is 0.435 e. The Labute approximate surface area is 162 Å². The molecule has 0 saturated carbocycles. The van der Waals surface area contributed by atoms with Gasteiger partial charge in [0.25, 0.3) is 5.91 Å². The molecule has 1 aliphatic heterocycles. The number of carbonyl (C=O) groups excluding carboxylic acids is 3. The molecule has 154 valence electrons. The van der Waals surface area contributed by atoms with Crippen molar-refractivity contribution >= 4 is 17.8 Å². The number of hydrogen-bond donors (Lipinski definition) is 2. The molecule has 1 fully saturated rings. The van der Waals surface area contributed by atoms with Gasteiger partial charge in [0.1, 0.15) is 17.8 Å². The first-order valence-corrected chi connectivity index (χ1v) is 9.05. The molecule has 0 unspecified atom stereocenters. The lowest BCUT2D eigenvalue weighted by Gasteiger charge is -2.21. The summed E-state index contributed by atoms with van der Waals surface area (Å²) in [5, 5.41) is 5.32. The second-order valence-electron chi connectivity index (χ2n) is 7.37. The molecule has 9 heteroatoms. The number of amides is 4. The second-order valence-corrected chi connectivity index (χ2v) is 7.37. The molecule has 0 aromatic heterocycles. The number of carbonyl (C=O) groups is 3. The van der Waals surface area contributed by atoms with Crippen molar-refractivity contribution in [3.63, 3.8) is 0 Å². The van der Waals surface area contributed by atoms with E-state index in [2.05, 4.69) is 15.4 Å². The topological polar surface area (TPSA) is 87.7 Å². The van der Waals surface area contributed by atoms with E-state index >= 15 is 0 Å². The molecular formula is C19H25F2N3O4. The van der Waals surface area contributed by atoms with Crippen LogP contribution in [0.3, 0.4) is 0 Å². The molecule has 0 spiro atoms. The van der Waals surface area contributed by atoms with E-state index in [0.29, 0.717) is 19.4 Å². The third kappa shape index (κ3) is 5.64. The number of ether oxygens (including phenoxy) is 1. The minimum Gasteiger partial charge on any atom is -0.435 e. The number of hydrogen-bond acceptors (Lipinski definition) is 4. The van der Waals surface area contributed by atoms with E-state index in [4.69, 9.17) is 0 Å². The first-order valence-electron chi connectivity index (χ1n) is 9.05. The number of benzene rings is 1. The Balaban J connectivity index is 1.93. The van der Waals surface area contributed by atoms with Crippen LogP contribution in [0, 0.1) is 5.92 Å². The molecule has 1 aromatic carbocycles. The number of halogens is 2. The van der Waals surface area contributed by atoms with Gasteiger partial charge < -0.3 is 15.4 Å². The van der Waals surface area contributed by atoms with Crippen molar-refractivity contribution in [2.75, 3.05) is 13.1 Å². The van der Waals surface area contributed by atoms with Crippen LogP contribution in [0.5, 0.6) is 5.75 Å². The lowest BCUT2D eigenvalue weighted by Crippen LogP contribution is -2.45. The van der Waals surface area contributed by atoms with Gasteiger partial charge in [-0.05, 0) is 43.4 Å². The zero-order valence-corrected chi connectivity index (χ0v) is 16.1. The van der Waals surface area contributed by atoms with Gasteiger partial charge in [-0.15, -0.1) is 0 Å². The maximum atomic E-state index is 12.7. The summed E-state index contributed by atoms with van der Waals surface area (Å²) in [4.78, 5) is 37.7. The Hall–Kier alpha value is -2.71. The highest BCUT2D eigenvalue weighted by molar-refractivity contribution is 6.08. The van der Waals surface area contributed by atoms with E-state index in [-0.39, 0.29) is 18.2 Å². The molecule has 2 rings (SSSR count). The zero-order valence-electron chi connectivity index (χ0n) is 16.1. The van der Waals surface area contributed by atoms with Crippen LogP contribution in [0.25, 0.3) is 0 Å². The van der Waals surface area contributed by atoms with Crippen molar-refractivity contribution < 1.29 is 27.9 Å². The Morgan fingerprint density at radius 3 is 2.46 bits per heavy atom. The highest BCUT2D eigenvalue weighted by Gasteiger charge is 2.47. The zero-order chi connectivity index (χ0) is 20.9. The Bertz CT molecular complexity index is 724. The SMILES string of the molecule is CC(C)CNC(=O)CN1C(=O)N[C@](C)(CCc2ccc(OC(F)F)cc2)C1=O. The van der Waals surface area contributed by atoms with Crippen molar-refractivity contribution in [3.8, 4) is 5.75 Å². The predicted octanol–water partition coefficient (Wildman–Crippen LogP) is 2.30. The number of alkyl halides is 2. The molecule has 7 nitrogen and oxygen atoms in total. The van der Waals surface area contributed by atoms with E-state index in [1.54, 1.807) is 19.1 Å². The van der Waals surface area contributed by atoms with E-state index in [9.17, 15) is 23.2 Å². The van der Waals surface area contributed by atoms with Crippen molar-refractivity contribution in [1.29, 1.82) is 0 Å². The summed E-state index contributed by atoms with van der Waals surface area (Å²) in [6, 6.07) is 5.49. The van der Waals surface area contributed by atoms with Gasteiger partial charge >= 0.3 is 12.6 Å². The highest BCUT2D eigenvalue weighted by Crippen LogP contribution is 2.24. The molecule has 0 bridgehead atoms. The van der Waals surface area contributed by atoms with Crippen LogP contribution in [0.15, 0.2) is 24.3 Å². The van der Waals surface area contributed by atoms with Gasteiger partial charge in [-0.1, -0.05) is 26.0 Å². The van der Waals surface area contributed by atoms with Crippen molar-refractivity contribution in [2.24, 2.45) is 5.92 Å². The van der Waals surface area contributed by atoms with Crippen LogP contribution in [-0.2, 0) is 16.0 Å². The summed E-state index contributed by atoms with van der Waals surface area (Å²) < 4.78 is 28.7. The number of aryl methyl sites for hydroxylation is 1. The smallest absolute Gasteiger partial charge is 0.387 e. The fourth-order valence-electron chi connectivity index (χ4n) is 2.81. The van der Waals surface area contributed by atoms with Crippen LogP contribution in [0.1, 0.15) is 32.8 Å². The minimum absolute atomic E-state index is 0.0498. The number of nitrogens with one attached hydrogen (secondary N) is 2. The molecule has 0 aliphatic carbocycles. The van der Waals surface area contributed by atoms with Gasteiger partial charge in [-0.2, -0.15) is 8.78 Å². The van der Waals surface area contributed by atoms with Gasteiger partial charge in [0, 0.05) is 6.54 Å². The molecular weight excluding hydrogens is 372 g/mol. The molecule has 1 aromatic rings. The highest BCUT2D eigenvalue weighted by atomic mass is 19.3. The summed E-state index contributed by atoms with van der Waals surface area (Å²) in [5.41, 5.74) is -0.328. The quantitative estimate of drug-likeness (QED) is 0.626. The Morgan fingerprint density at radius 1 is 1.25 bits per heavy atom. The van der Waals surface area contributed by atoms with Crippen LogP contribution >= 0.6 is 0 Å². The molecule has 0 radical (unpaired) electrons. The fraction of sp³-hybridized carbons (Fsp3) is 0.526. The Morgan fingerprint density at radius 2 is 1.89 bits per heavy atom. The number of imide groups is 1. The third-order valence-corrected chi connectivity index (χ3v) is 4.42. The Kier molecular flexibility index (Phi) is 6.93. The number of urea groups is 1. The third-order valence-electron chi connectivity index (χ3n) is 4.42. The van der Waals surface area contributed by atoms with Crippen LogP contribution < -0.4 is 15.4 Å². The van der Waals surface area contributed by atoms with E-state index in [0.717, 1.165) is 10.5 Å². The summed E-state index contributed by atoms with van der Waals surface area (Å²) in [5.74, 6) is -0.547. The normalized spacial score (nSPS) is 19.3. The van der Waals surface area contributed by atoms with Gasteiger partial charge in [0.2, 0.25) is 5.91 Å². The summed E-state index contributed by atoms with van der Waals surface area (Å²) >= 11 is 0. The van der Waals surface area contributed by atoms with Crippen molar-refractivity contribution in [1.82, 2.24) is 15.5 Å². The fourth-order valence-corrected chi connectivity index (χ4v) is 2.81. The molecule has 1 saturated heterocycles. The predicted molar refractivity (Wildman–Crippen MR) is 97.9 cm³/mol. The first kappa shape index (κ1) is 21.6. The average Bonchev–Trinajstić information content (AvgIpc) is 2.82. The number of nitrogens with zero attached hydrogens (tertiary/aromatic N) is 1. The molecule has 2 N–H and O–H groups in total. The van der Waals surface area contributed by atoms with Crippen LogP contribution in [-0.4, -0.2) is 48.0 Å². The van der Waals surface area contributed by atoms with E-state index < -0.39 is 30.0 Å². The maximum Gasteiger partial charge on any atom is 0.387 e. The molecule has 1 aliphatic rings. The summed E-state index contributed by atoms with van der Waals surface area (Å²) in [7, 11) is 0. The van der Waals surface area contributed by atoms with Crippen LogP contribution in [0.4, 0.5) is 13.6 Å². The molecule has 1 atom stereocenters. The van der Waals surface area contributed by atoms with Gasteiger partial charge in [0.15, 0.2) is 0 Å². The van der Waals surface area contributed by atoms with Gasteiger partial charge in [-0.25, -0.2) is 4.79 Å².